The van der Waals surface area contributed by atoms with Gasteiger partial charge < -0.3 is 9.84 Å². The number of nitrogens with zero attached hydrogens (tertiary/aromatic N) is 1. The van der Waals surface area contributed by atoms with Crippen molar-refractivity contribution in [2.75, 3.05) is 7.11 Å². The monoisotopic (exact) mass is 227 g/mol. The second-order valence-electron chi connectivity index (χ2n) is 4.86. The Balaban J connectivity index is 3.01. The van der Waals surface area contributed by atoms with Crippen LogP contribution in [0.5, 0.6) is 0 Å². The molecule has 0 radical (unpaired) electrons. The third-order valence-electron chi connectivity index (χ3n) is 2.52. The van der Waals surface area contributed by atoms with Crippen LogP contribution in [0, 0.1) is 11.2 Å². The summed E-state index contributed by atoms with van der Waals surface area (Å²) in [6, 6.07) is 1.47. The molecule has 0 aliphatic rings. The summed E-state index contributed by atoms with van der Waals surface area (Å²) >= 11 is 0. The Morgan fingerprint density at radius 2 is 2.06 bits per heavy atom. The maximum Gasteiger partial charge on any atom is 0.147 e. The third-order valence-corrected chi connectivity index (χ3v) is 2.52. The van der Waals surface area contributed by atoms with Gasteiger partial charge in [0.2, 0.25) is 0 Å². The van der Waals surface area contributed by atoms with Gasteiger partial charge in [-0.1, -0.05) is 20.8 Å². The van der Waals surface area contributed by atoms with Crippen LogP contribution in [0.2, 0.25) is 0 Å². The standard InChI is InChI=1S/C12H18FNO2/c1-12(2,3)11(16-4)10(15)8-5-6-14-7-9(8)13/h5-7,10-11,15H,1-4H3. The number of hydrogen-bond acceptors (Lipinski definition) is 3. The summed E-state index contributed by atoms with van der Waals surface area (Å²) in [5, 5.41) is 10.1. The number of ether oxygens (including phenoxy) is 1. The fraction of sp³-hybridized carbons (Fsp3) is 0.583. The van der Waals surface area contributed by atoms with E-state index >= 15 is 0 Å². The Labute approximate surface area is 95.3 Å². The number of aromatic nitrogens is 1. The molecule has 0 saturated heterocycles. The van der Waals surface area contributed by atoms with Crippen LogP contribution in [-0.2, 0) is 4.74 Å². The molecule has 0 spiro atoms. The van der Waals surface area contributed by atoms with Gasteiger partial charge in [-0.25, -0.2) is 4.39 Å². The minimum Gasteiger partial charge on any atom is -0.386 e. The molecule has 16 heavy (non-hydrogen) atoms. The van der Waals surface area contributed by atoms with Crippen molar-refractivity contribution in [1.82, 2.24) is 4.98 Å². The highest BCUT2D eigenvalue weighted by Crippen LogP contribution is 2.32. The van der Waals surface area contributed by atoms with E-state index in [-0.39, 0.29) is 11.0 Å². The molecule has 1 aromatic rings. The lowest BCUT2D eigenvalue weighted by atomic mass is 9.83. The summed E-state index contributed by atoms with van der Waals surface area (Å²) in [7, 11) is 1.51. The molecule has 1 aromatic heterocycles. The molecule has 2 atom stereocenters. The van der Waals surface area contributed by atoms with Crippen LogP contribution in [0.25, 0.3) is 0 Å². The van der Waals surface area contributed by atoms with Gasteiger partial charge in [-0.2, -0.15) is 0 Å². The first-order valence-electron chi connectivity index (χ1n) is 5.18. The fourth-order valence-corrected chi connectivity index (χ4v) is 1.74. The Hall–Kier alpha value is -1.00. The van der Waals surface area contributed by atoms with E-state index in [0.717, 1.165) is 6.20 Å². The first-order valence-corrected chi connectivity index (χ1v) is 5.18. The number of rotatable bonds is 3. The van der Waals surface area contributed by atoms with Crippen LogP contribution in [0.3, 0.4) is 0 Å². The largest absolute Gasteiger partial charge is 0.386 e. The molecule has 3 nitrogen and oxygen atoms in total. The average molecular weight is 227 g/mol. The predicted molar refractivity (Wildman–Crippen MR) is 59.4 cm³/mol. The fourth-order valence-electron chi connectivity index (χ4n) is 1.74. The summed E-state index contributed by atoms with van der Waals surface area (Å²) < 4.78 is 18.7. The molecule has 0 amide bonds. The first kappa shape index (κ1) is 13.1. The maximum absolute atomic E-state index is 13.4. The lowest BCUT2D eigenvalue weighted by molar-refractivity contribution is -0.0736. The van der Waals surface area contributed by atoms with Crippen molar-refractivity contribution in [1.29, 1.82) is 0 Å². The summed E-state index contributed by atoms with van der Waals surface area (Å²) in [5.74, 6) is -0.513. The van der Waals surface area contributed by atoms with E-state index in [1.165, 1.54) is 19.4 Å². The summed E-state index contributed by atoms with van der Waals surface area (Å²) in [6.45, 7) is 5.80. The van der Waals surface area contributed by atoms with E-state index in [0.29, 0.717) is 0 Å². The zero-order valence-corrected chi connectivity index (χ0v) is 10.1. The summed E-state index contributed by atoms with van der Waals surface area (Å²) in [5.41, 5.74) is -0.0547. The van der Waals surface area contributed by atoms with Crippen molar-refractivity contribution in [3.63, 3.8) is 0 Å². The van der Waals surface area contributed by atoms with Gasteiger partial charge in [0.15, 0.2) is 0 Å². The molecule has 0 aliphatic heterocycles. The van der Waals surface area contributed by atoms with Crippen LogP contribution in [-0.4, -0.2) is 23.3 Å². The molecule has 0 fully saturated rings. The van der Waals surface area contributed by atoms with E-state index in [9.17, 15) is 9.50 Å². The molecular formula is C12H18FNO2. The van der Waals surface area contributed by atoms with E-state index in [2.05, 4.69) is 4.98 Å². The molecule has 0 aliphatic carbocycles. The highest BCUT2D eigenvalue weighted by molar-refractivity contribution is 5.17. The van der Waals surface area contributed by atoms with Crippen LogP contribution >= 0.6 is 0 Å². The van der Waals surface area contributed by atoms with Gasteiger partial charge in [-0.15, -0.1) is 0 Å². The van der Waals surface area contributed by atoms with Gasteiger partial charge >= 0.3 is 0 Å². The normalized spacial score (nSPS) is 15.9. The molecule has 0 saturated carbocycles. The molecule has 1 N–H and O–H groups in total. The quantitative estimate of drug-likeness (QED) is 0.861. The predicted octanol–water partition coefficient (Wildman–Crippen LogP) is 2.32. The molecule has 2 unspecified atom stereocenters. The topological polar surface area (TPSA) is 42.4 Å². The maximum atomic E-state index is 13.4. The molecule has 0 aromatic carbocycles. The zero-order valence-electron chi connectivity index (χ0n) is 10.1. The molecule has 1 rings (SSSR count). The van der Waals surface area contributed by atoms with Crippen molar-refractivity contribution >= 4 is 0 Å². The van der Waals surface area contributed by atoms with Crippen molar-refractivity contribution in [3.05, 3.63) is 29.8 Å². The SMILES string of the molecule is COC(C(O)c1ccncc1F)C(C)(C)C. The molecule has 4 heteroatoms. The lowest BCUT2D eigenvalue weighted by Gasteiger charge is -2.33. The Morgan fingerprint density at radius 1 is 1.44 bits per heavy atom. The van der Waals surface area contributed by atoms with Crippen LogP contribution in [0.4, 0.5) is 4.39 Å². The smallest absolute Gasteiger partial charge is 0.147 e. The number of aliphatic hydroxyl groups is 1. The molecule has 1 heterocycles. The van der Waals surface area contributed by atoms with Gasteiger partial charge in [0, 0.05) is 18.9 Å². The minimum atomic E-state index is -0.993. The van der Waals surface area contributed by atoms with Crippen LogP contribution < -0.4 is 0 Å². The van der Waals surface area contributed by atoms with Gasteiger partial charge in [0.25, 0.3) is 0 Å². The van der Waals surface area contributed by atoms with E-state index in [4.69, 9.17) is 4.74 Å². The highest BCUT2D eigenvalue weighted by atomic mass is 19.1. The van der Waals surface area contributed by atoms with Crippen LogP contribution in [0.1, 0.15) is 32.4 Å². The highest BCUT2D eigenvalue weighted by Gasteiger charge is 2.33. The first-order chi connectivity index (χ1) is 7.38. The zero-order chi connectivity index (χ0) is 12.3. The second kappa shape index (κ2) is 4.89. The Bertz CT molecular complexity index is 349. The van der Waals surface area contributed by atoms with Gasteiger partial charge in [0.05, 0.1) is 12.3 Å². The molecular weight excluding hydrogens is 209 g/mol. The molecule has 0 bridgehead atoms. The average Bonchev–Trinajstić information content (AvgIpc) is 2.17. The van der Waals surface area contributed by atoms with Crippen molar-refractivity contribution in [2.24, 2.45) is 5.41 Å². The summed E-state index contributed by atoms with van der Waals surface area (Å²) in [6.07, 6.45) is 1.09. The number of aliphatic hydroxyl groups excluding tert-OH is 1. The Morgan fingerprint density at radius 3 is 2.50 bits per heavy atom. The number of hydrogen-bond donors (Lipinski definition) is 1. The third kappa shape index (κ3) is 2.77. The van der Waals surface area contributed by atoms with Crippen molar-refractivity contribution in [2.45, 2.75) is 33.0 Å². The van der Waals surface area contributed by atoms with E-state index in [1.54, 1.807) is 0 Å². The van der Waals surface area contributed by atoms with Crippen molar-refractivity contribution < 1.29 is 14.2 Å². The Kier molecular flexibility index (Phi) is 3.99. The summed E-state index contributed by atoms with van der Waals surface area (Å²) in [4.78, 5) is 3.65. The van der Waals surface area contributed by atoms with E-state index < -0.39 is 18.0 Å². The van der Waals surface area contributed by atoms with Gasteiger partial charge in [0.1, 0.15) is 11.9 Å². The van der Waals surface area contributed by atoms with Gasteiger partial charge in [-0.05, 0) is 11.5 Å². The number of halogens is 1. The van der Waals surface area contributed by atoms with Crippen molar-refractivity contribution in [3.8, 4) is 0 Å². The number of methoxy groups -OCH3 is 1. The second-order valence-corrected chi connectivity index (χ2v) is 4.86. The minimum absolute atomic E-state index is 0.219. The number of pyridine rings is 1. The van der Waals surface area contributed by atoms with Gasteiger partial charge in [-0.3, -0.25) is 4.98 Å². The van der Waals surface area contributed by atoms with Crippen LogP contribution in [0.15, 0.2) is 18.5 Å². The lowest BCUT2D eigenvalue weighted by Crippen LogP contribution is -2.34. The van der Waals surface area contributed by atoms with E-state index in [1.807, 2.05) is 20.8 Å². The molecule has 90 valence electrons.